The minimum Gasteiger partial charge on any atom is -0.486 e. The Morgan fingerprint density at radius 3 is 2.67 bits per heavy atom. The summed E-state index contributed by atoms with van der Waals surface area (Å²) in [5.41, 5.74) is 4.14. The molecule has 0 saturated heterocycles. The van der Waals surface area contributed by atoms with Crippen molar-refractivity contribution >= 4 is 33.7 Å². The molecule has 3 atom stereocenters. The molecule has 1 fully saturated rings. The highest BCUT2D eigenvalue weighted by molar-refractivity contribution is 5.90. The summed E-state index contributed by atoms with van der Waals surface area (Å²) in [5, 5.41) is 21.3. The van der Waals surface area contributed by atoms with Gasteiger partial charge >= 0.3 is 11.9 Å². The maximum atomic E-state index is 13.8. The van der Waals surface area contributed by atoms with Crippen molar-refractivity contribution in [3.63, 3.8) is 0 Å². The fraction of sp³-hybridized carbons (Fsp3) is 0.300. The highest BCUT2D eigenvalue weighted by atomic mass is 19.1. The van der Waals surface area contributed by atoms with E-state index in [1.165, 1.54) is 11.6 Å². The number of fused-ring (bicyclic) bond motifs is 4. The number of carboxylic acids is 2. The van der Waals surface area contributed by atoms with E-state index in [-0.39, 0.29) is 11.9 Å². The lowest BCUT2D eigenvalue weighted by atomic mass is 9.97. The van der Waals surface area contributed by atoms with Gasteiger partial charge in [0.2, 0.25) is 0 Å². The van der Waals surface area contributed by atoms with Crippen molar-refractivity contribution in [2.24, 2.45) is 0 Å². The van der Waals surface area contributed by atoms with Crippen molar-refractivity contribution in [1.29, 1.82) is 0 Å². The number of ether oxygens (including phenoxy) is 2. The standard InChI is InChI=1S/C26H26FN3O2.C4H4O4/c1-15-2-6-20-24(30-15)8-9-25-26(20)32-19(14-31-25)12-28-18-5-3-16(10-18)22-13-29-23-7-4-17(27)11-21(22)23;5-3(6)1-2-4(7)8/h2,4,6-9,11,13,16,18-19,28-29H,3,5,10,12,14H2,1H3;1-2H,(H,5,6)(H,7,8)/b;2-1+/t16-,18+,19-;/m0./s1. The molecule has 6 rings (SSSR count). The second kappa shape index (κ2) is 11.7. The fourth-order valence-corrected chi connectivity index (χ4v) is 5.32. The summed E-state index contributed by atoms with van der Waals surface area (Å²) in [6, 6.07) is 13.4. The van der Waals surface area contributed by atoms with Crippen molar-refractivity contribution < 1.29 is 33.7 Å². The number of carbonyl (C=O) groups is 2. The van der Waals surface area contributed by atoms with Crippen LogP contribution in [-0.4, -0.2) is 57.4 Å². The number of halogens is 1. The van der Waals surface area contributed by atoms with Crippen LogP contribution in [0.15, 0.2) is 60.8 Å². The van der Waals surface area contributed by atoms with Gasteiger partial charge in [0, 0.05) is 52.9 Å². The Morgan fingerprint density at radius 2 is 1.90 bits per heavy atom. The zero-order chi connectivity index (χ0) is 28.2. The Balaban J connectivity index is 0.000000355. The zero-order valence-electron chi connectivity index (χ0n) is 21.9. The molecule has 1 saturated carbocycles. The number of hydrogen-bond acceptors (Lipinski definition) is 6. The van der Waals surface area contributed by atoms with Gasteiger partial charge in [0.25, 0.3) is 0 Å². The summed E-state index contributed by atoms with van der Waals surface area (Å²) >= 11 is 0. The number of aliphatic carboxylic acids is 2. The first kappa shape index (κ1) is 27.1. The molecule has 0 spiro atoms. The summed E-state index contributed by atoms with van der Waals surface area (Å²) in [6.45, 7) is 3.25. The largest absolute Gasteiger partial charge is 0.486 e. The average Bonchev–Trinajstić information content (AvgIpc) is 3.57. The minimum atomic E-state index is -1.26. The molecule has 4 N–H and O–H groups in total. The SMILES string of the molecule is Cc1ccc2c3c(ccc2n1)OC[C@H](CN[C@@H]1CC[C@H](c2c[nH]c4ccc(F)cc24)C1)O3.O=C(O)/C=C/C(=O)O. The van der Waals surface area contributed by atoms with Crippen LogP contribution in [0.2, 0.25) is 0 Å². The summed E-state index contributed by atoms with van der Waals surface area (Å²) in [6.07, 6.45) is 6.36. The number of aromatic nitrogens is 2. The van der Waals surface area contributed by atoms with Crippen molar-refractivity contribution in [3.05, 3.63) is 77.9 Å². The van der Waals surface area contributed by atoms with Crippen LogP contribution in [0.1, 0.15) is 36.4 Å². The van der Waals surface area contributed by atoms with E-state index in [2.05, 4.69) is 21.4 Å². The molecule has 3 heterocycles. The first-order valence-electron chi connectivity index (χ1n) is 13.1. The molecule has 2 aliphatic rings. The van der Waals surface area contributed by atoms with Crippen molar-refractivity contribution in [2.45, 2.75) is 44.2 Å². The predicted octanol–water partition coefficient (Wildman–Crippen LogP) is 4.94. The molecule has 208 valence electrons. The lowest BCUT2D eigenvalue weighted by molar-refractivity contribution is -0.134. The van der Waals surface area contributed by atoms with E-state index in [1.807, 2.05) is 37.4 Å². The van der Waals surface area contributed by atoms with Crippen molar-refractivity contribution in [1.82, 2.24) is 15.3 Å². The van der Waals surface area contributed by atoms with Crippen molar-refractivity contribution in [2.75, 3.05) is 13.2 Å². The maximum Gasteiger partial charge on any atom is 0.328 e. The fourth-order valence-electron chi connectivity index (χ4n) is 5.32. The molecule has 2 aromatic heterocycles. The number of aryl methyl sites for hydroxylation is 1. The Hall–Kier alpha value is -4.44. The summed E-state index contributed by atoms with van der Waals surface area (Å²) in [7, 11) is 0. The molecule has 2 aromatic carbocycles. The van der Waals surface area contributed by atoms with Gasteiger partial charge in [-0.15, -0.1) is 0 Å². The quantitative estimate of drug-likeness (QED) is 0.250. The number of nitrogens with zero attached hydrogens (tertiary/aromatic N) is 1. The average molecular weight is 548 g/mol. The molecule has 4 aromatic rings. The molecule has 40 heavy (non-hydrogen) atoms. The number of carboxylic acid groups (broad SMARTS) is 2. The third kappa shape index (κ3) is 6.23. The Morgan fingerprint density at radius 1 is 1.10 bits per heavy atom. The lowest BCUT2D eigenvalue weighted by Crippen LogP contribution is -2.41. The molecule has 9 nitrogen and oxygen atoms in total. The third-order valence-corrected chi connectivity index (χ3v) is 7.19. The second-order valence-electron chi connectivity index (χ2n) is 10.0. The molecule has 0 radical (unpaired) electrons. The van der Waals surface area contributed by atoms with Gasteiger partial charge in [0.15, 0.2) is 11.5 Å². The first-order chi connectivity index (χ1) is 19.3. The number of benzene rings is 2. The van der Waals surface area contributed by atoms with Crippen LogP contribution in [0.25, 0.3) is 21.8 Å². The van der Waals surface area contributed by atoms with E-state index in [4.69, 9.17) is 19.7 Å². The minimum absolute atomic E-state index is 0.0457. The summed E-state index contributed by atoms with van der Waals surface area (Å²) < 4.78 is 26.1. The van der Waals surface area contributed by atoms with Crippen LogP contribution in [0.3, 0.4) is 0 Å². The van der Waals surface area contributed by atoms with E-state index in [0.29, 0.717) is 30.7 Å². The summed E-state index contributed by atoms with van der Waals surface area (Å²) in [4.78, 5) is 27.0. The number of nitrogens with one attached hydrogen (secondary N) is 2. The highest BCUT2D eigenvalue weighted by Gasteiger charge is 2.29. The maximum absolute atomic E-state index is 13.8. The van der Waals surface area contributed by atoms with Gasteiger partial charge in [-0.3, -0.25) is 4.98 Å². The van der Waals surface area contributed by atoms with E-state index in [1.54, 1.807) is 6.07 Å². The van der Waals surface area contributed by atoms with Crippen LogP contribution in [0, 0.1) is 12.7 Å². The van der Waals surface area contributed by atoms with Crippen LogP contribution < -0.4 is 14.8 Å². The number of aromatic amines is 1. The lowest BCUT2D eigenvalue weighted by Gasteiger charge is -2.28. The molecule has 1 aliphatic heterocycles. The highest BCUT2D eigenvalue weighted by Crippen LogP contribution is 2.40. The zero-order valence-corrected chi connectivity index (χ0v) is 21.9. The predicted molar refractivity (Wildman–Crippen MR) is 147 cm³/mol. The monoisotopic (exact) mass is 547 g/mol. The number of hydrogen-bond donors (Lipinski definition) is 4. The van der Waals surface area contributed by atoms with Crippen molar-refractivity contribution in [3.8, 4) is 11.5 Å². The number of rotatable bonds is 6. The van der Waals surface area contributed by atoms with E-state index >= 15 is 0 Å². The van der Waals surface area contributed by atoms with Gasteiger partial charge in [0.1, 0.15) is 18.5 Å². The third-order valence-electron chi connectivity index (χ3n) is 7.19. The molecule has 0 amide bonds. The van der Waals surface area contributed by atoms with Gasteiger partial charge < -0.3 is 30.0 Å². The normalized spacial score (nSPS) is 20.0. The molecule has 10 heteroatoms. The van der Waals surface area contributed by atoms with Gasteiger partial charge in [-0.05, 0) is 80.1 Å². The van der Waals surface area contributed by atoms with Gasteiger partial charge in [-0.25, -0.2) is 14.0 Å². The number of H-pyrrole nitrogens is 1. The Kier molecular flexibility index (Phi) is 7.97. The summed E-state index contributed by atoms with van der Waals surface area (Å²) in [5.74, 6) is -0.686. The topological polar surface area (TPSA) is 134 Å². The van der Waals surface area contributed by atoms with Crippen LogP contribution in [-0.2, 0) is 9.59 Å². The van der Waals surface area contributed by atoms with Gasteiger partial charge in [-0.2, -0.15) is 0 Å². The van der Waals surface area contributed by atoms with Crippen LogP contribution >= 0.6 is 0 Å². The Bertz CT molecular complexity index is 1570. The van der Waals surface area contributed by atoms with E-state index < -0.39 is 11.9 Å². The van der Waals surface area contributed by atoms with Gasteiger partial charge in [0.05, 0.1) is 5.52 Å². The number of pyridine rings is 1. The smallest absolute Gasteiger partial charge is 0.328 e. The molecular weight excluding hydrogens is 517 g/mol. The molecule has 1 aliphatic carbocycles. The van der Waals surface area contributed by atoms with E-state index in [9.17, 15) is 14.0 Å². The first-order valence-corrected chi connectivity index (χ1v) is 13.1. The Labute approximate surface area is 229 Å². The van der Waals surface area contributed by atoms with E-state index in [0.717, 1.165) is 64.8 Å². The van der Waals surface area contributed by atoms with Gasteiger partial charge in [-0.1, -0.05) is 0 Å². The van der Waals surface area contributed by atoms with Crippen LogP contribution in [0.5, 0.6) is 11.5 Å². The second-order valence-corrected chi connectivity index (χ2v) is 10.0. The molecular formula is C30H30FN3O6. The molecule has 0 unspecified atom stereocenters. The molecule has 0 bridgehead atoms. The van der Waals surface area contributed by atoms with Crippen LogP contribution in [0.4, 0.5) is 4.39 Å².